The number of hydrogen-bond acceptors (Lipinski definition) is 4. The molecular weight excluding hydrogens is 236 g/mol. The lowest BCUT2D eigenvalue weighted by molar-refractivity contribution is 0.0486. The van der Waals surface area contributed by atoms with Crippen molar-refractivity contribution in [2.45, 2.75) is 45.3 Å². The topological polar surface area (TPSA) is 97.7 Å². The van der Waals surface area contributed by atoms with E-state index in [1.165, 1.54) is 0 Å². The lowest BCUT2D eigenvalue weighted by Gasteiger charge is -2.33. The van der Waals surface area contributed by atoms with Crippen LogP contribution in [0, 0.1) is 5.41 Å². The molecule has 1 fully saturated rings. The first kappa shape index (κ1) is 14.6. The van der Waals surface area contributed by atoms with Crippen molar-refractivity contribution in [1.29, 1.82) is 5.41 Å². The molecule has 1 aliphatic rings. The molecule has 0 aliphatic carbocycles. The van der Waals surface area contributed by atoms with E-state index >= 15 is 0 Å². The van der Waals surface area contributed by atoms with Gasteiger partial charge in [-0.3, -0.25) is 10.6 Å². The van der Waals surface area contributed by atoms with Crippen molar-refractivity contribution < 1.29 is 14.7 Å². The zero-order chi connectivity index (χ0) is 13.8. The molecule has 1 saturated heterocycles. The molecule has 0 radical (unpaired) electrons. The van der Waals surface area contributed by atoms with Crippen LogP contribution in [-0.2, 0) is 4.74 Å². The number of ether oxygens (including phenoxy) is 1. The number of rotatable bonds is 1. The highest BCUT2D eigenvalue weighted by molar-refractivity contribution is 5.75. The Labute approximate surface area is 107 Å². The van der Waals surface area contributed by atoms with Crippen LogP contribution in [0.1, 0.15) is 33.6 Å². The zero-order valence-corrected chi connectivity index (χ0v) is 11.1. The predicted octanol–water partition coefficient (Wildman–Crippen LogP) is 0.889. The third kappa shape index (κ3) is 4.79. The summed E-state index contributed by atoms with van der Waals surface area (Å²) in [6, 6.07) is 0.0580. The maximum absolute atomic E-state index is 11.6. The molecule has 104 valence electrons. The fraction of sp³-hybridized carbons (Fsp3) is 0.818. The minimum atomic E-state index is -0.492. The molecule has 1 heterocycles. The van der Waals surface area contributed by atoms with Gasteiger partial charge in [0.2, 0.25) is 5.96 Å². The lowest BCUT2D eigenvalue weighted by Crippen LogP contribution is -2.49. The van der Waals surface area contributed by atoms with Gasteiger partial charge in [0, 0.05) is 19.1 Å². The highest BCUT2D eigenvalue weighted by Crippen LogP contribution is 2.12. The van der Waals surface area contributed by atoms with Crippen LogP contribution in [0.5, 0.6) is 0 Å². The molecule has 0 saturated carbocycles. The second-order valence-corrected chi connectivity index (χ2v) is 5.37. The number of nitrogens with one attached hydrogen (secondary N) is 3. The van der Waals surface area contributed by atoms with E-state index in [-0.39, 0.29) is 12.0 Å². The number of guanidine groups is 1. The molecular formula is C11H22N4O3. The molecule has 0 spiro atoms. The van der Waals surface area contributed by atoms with Crippen LogP contribution in [0.25, 0.3) is 0 Å². The Hall–Kier alpha value is -1.50. The Morgan fingerprint density at radius 2 is 1.94 bits per heavy atom. The predicted molar refractivity (Wildman–Crippen MR) is 66.6 cm³/mol. The van der Waals surface area contributed by atoms with E-state index in [0.29, 0.717) is 13.1 Å². The van der Waals surface area contributed by atoms with E-state index in [1.54, 1.807) is 4.90 Å². The van der Waals surface area contributed by atoms with Gasteiger partial charge in [0.15, 0.2) is 0 Å². The number of amides is 1. The lowest BCUT2D eigenvalue weighted by atomic mass is 10.1. The Balaban J connectivity index is 2.31. The van der Waals surface area contributed by atoms with Crippen molar-refractivity contribution in [3.8, 4) is 0 Å². The molecule has 0 bridgehead atoms. The molecule has 7 nitrogen and oxygen atoms in total. The number of hydroxylamine groups is 1. The maximum atomic E-state index is 11.6. The number of piperidine rings is 1. The summed E-state index contributed by atoms with van der Waals surface area (Å²) in [7, 11) is 0. The summed E-state index contributed by atoms with van der Waals surface area (Å²) in [5.74, 6) is -0.00859. The smallest absolute Gasteiger partial charge is 0.407 e. The van der Waals surface area contributed by atoms with Crippen LogP contribution in [-0.4, -0.2) is 46.9 Å². The standard InChI is InChI=1S/C11H22N4O3/c1-11(2,3)18-10(16)13-8-4-6-15(7-5-8)9(12)14-17/h8,17H,4-7H2,1-3H3,(H2,12,14)(H,13,16). The normalized spacial score (nSPS) is 17.2. The summed E-state index contributed by atoms with van der Waals surface area (Å²) in [5.41, 5.74) is 1.33. The summed E-state index contributed by atoms with van der Waals surface area (Å²) in [4.78, 5) is 13.3. The van der Waals surface area contributed by atoms with Crippen LogP contribution in [0.3, 0.4) is 0 Å². The molecule has 0 aromatic heterocycles. The third-order valence-corrected chi connectivity index (χ3v) is 2.64. The minimum absolute atomic E-state index is 0.00859. The molecule has 1 aliphatic heterocycles. The van der Waals surface area contributed by atoms with Gasteiger partial charge in [0.05, 0.1) is 0 Å². The Morgan fingerprint density at radius 3 is 2.39 bits per heavy atom. The van der Waals surface area contributed by atoms with E-state index in [4.69, 9.17) is 15.4 Å². The van der Waals surface area contributed by atoms with Gasteiger partial charge in [-0.05, 0) is 33.6 Å². The van der Waals surface area contributed by atoms with Crippen molar-refractivity contribution in [2.75, 3.05) is 13.1 Å². The summed E-state index contributed by atoms with van der Waals surface area (Å²) in [6.45, 7) is 6.70. The second-order valence-electron chi connectivity index (χ2n) is 5.37. The van der Waals surface area contributed by atoms with Gasteiger partial charge in [-0.15, -0.1) is 0 Å². The van der Waals surface area contributed by atoms with E-state index in [1.807, 2.05) is 26.3 Å². The SMILES string of the molecule is CC(C)(C)OC(=O)NC1CCN(C(=N)NO)CC1. The van der Waals surface area contributed by atoms with Gasteiger partial charge in [-0.25, -0.2) is 10.3 Å². The maximum Gasteiger partial charge on any atom is 0.407 e. The van der Waals surface area contributed by atoms with Crippen LogP contribution < -0.4 is 10.8 Å². The minimum Gasteiger partial charge on any atom is -0.444 e. The Kier molecular flexibility index (Phi) is 4.77. The van der Waals surface area contributed by atoms with Gasteiger partial charge < -0.3 is 15.0 Å². The number of carbonyl (C=O) groups excluding carboxylic acids is 1. The summed E-state index contributed by atoms with van der Waals surface area (Å²) in [6.07, 6.45) is 1.04. The molecule has 7 heteroatoms. The zero-order valence-electron chi connectivity index (χ0n) is 11.1. The van der Waals surface area contributed by atoms with Crippen LogP contribution in [0.2, 0.25) is 0 Å². The van der Waals surface area contributed by atoms with Gasteiger partial charge >= 0.3 is 6.09 Å². The monoisotopic (exact) mass is 258 g/mol. The molecule has 1 rings (SSSR count). The first-order valence-corrected chi connectivity index (χ1v) is 6.05. The highest BCUT2D eigenvalue weighted by atomic mass is 16.6. The summed E-state index contributed by atoms with van der Waals surface area (Å²) in [5, 5.41) is 18.8. The first-order chi connectivity index (χ1) is 8.31. The van der Waals surface area contributed by atoms with Crippen molar-refractivity contribution in [2.24, 2.45) is 0 Å². The molecule has 0 aromatic rings. The van der Waals surface area contributed by atoms with E-state index in [0.717, 1.165) is 12.8 Å². The fourth-order valence-electron chi connectivity index (χ4n) is 1.79. The second kappa shape index (κ2) is 5.90. The molecule has 0 aromatic carbocycles. The van der Waals surface area contributed by atoms with E-state index in [2.05, 4.69) is 5.32 Å². The Bertz CT molecular complexity index is 306. The average molecular weight is 258 g/mol. The van der Waals surface area contributed by atoms with Crippen LogP contribution >= 0.6 is 0 Å². The van der Waals surface area contributed by atoms with Gasteiger partial charge in [0.1, 0.15) is 5.60 Å². The molecule has 1 amide bonds. The van der Waals surface area contributed by atoms with E-state index in [9.17, 15) is 4.79 Å². The average Bonchev–Trinajstić information content (AvgIpc) is 2.26. The van der Waals surface area contributed by atoms with Crippen LogP contribution in [0.15, 0.2) is 0 Å². The molecule has 0 unspecified atom stereocenters. The molecule has 18 heavy (non-hydrogen) atoms. The number of likely N-dealkylation sites (tertiary alicyclic amines) is 1. The number of hydrogen-bond donors (Lipinski definition) is 4. The highest BCUT2D eigenvalue weighted by Gasteiger charge is 2.24. The van der Waals surface area contributed by atoms with Gasteiger partial charge in [-0.2, -0.15) is 0 Å². The molecule has 4 N–H and O–H groups in total. The van der Waals surface area contributed by atoms with Crippen molar-refractivity contribution in [3.05, 3.63) is 0 Å². The van der Waals surface area contributed by atoms with E-state index < -0.39 is 11.7 Å². The number of nitrogens with zero attached hydrogens (tertiary/aromatic N) is 1. The third-order valence-electron chi connectivity index (χ3n) is 2.64. The summed E-state index contributed by atoms with van der Waals surface area (Å²) < 4.78 is 5.18. The van der Waals surface area contributed by atoms with Crippen molar-refractivity contribution in [3.63, 3.8) is 0 Å². The number of alkyl carbamates (subject to hydrolysis) is 1. The molecule has 0 atom stereocenters. The van der Waals surface area contributed by atoms with Gasteiger partial charge in [0.25, 0.3) is 0 Å². The van der Waals surface area contributed by atoms with Crippen molar-refractivity contribution >= 4 is 12.1 Å². The quantitative estimate of drug-likeness (QED) is 0.318. The first-order valence-electron chi connectivity index (χ1n) is 6.05. The number of carbonyl (C=O) groups is 1. The fourth-order valence-corrected chi connectivity index (χ4v) is 1.79. The van der Waals surface area contributed by atoms with Gasteiger partial charge in [-0.1, -0.05) is 0 Å². The Morgan fingerprint density at radius 1 is 1.39 bits per heavy atom. The largest absolute Gasteiger partial charge is 0.444 e. The summed E-state index contributed by atoms with van der Waals surface area (Å²) >= 11 is 0. The van der Waals surface area contributed by atoms with Crippen molar-refractivity contribution in [1.82, 2.24) is 15.7 Å². The van der Waals surface area contributed by atoms with Crippen LogP contribution in [0.4, 0.5) is 4.79 Å².